The van der Waals surface area contributed by atoms with Crippen LogP contribution in [0, 0.1) is 5.82 Å². The minimum Gasteiger partial charge on any atom is -0.349 e. The van der Waals surface area contributed by atoms with Crippen LogP contribution in [0.3, 0.4) is 0 Å². The van der Waals surface area contributed by atoms with Crippen molar-refractivity contribution in [2.24, 2.45) is 0 Å². The van der Waals surface area contributed by atoms with Crippen molar-refractivity contribution in [1.29, 1.82) is 0 Å². The Morgan fingerprint density at radius 1 is 1.47 bits per heavy atom. The number of rotatable bonds is 2. The van der Waals surface area contributed by atoms with Gasteiger partial charge < -0.3 is 5.32 Å². The van der Waals surface area contributed by atoms with E-state index in [1.807, 2.05) is 0 Å². The molecule has 1 aliphatic carbocycles. The lowest BCUT2D eigenvalue weighted by atomic mass is 9.93. The minimum atomic E-state index is -0.491. The number of carbonyl (C=O) groups excluding carboxylic acids is 1. The maximum absolute atomic E-state index is 13.5. The first-order valence-electron chi connectivity index (χ1n) is 4.93. The van der Waals surface area contributed by atoms with Gasteiger partial charge in [0.25, 0.3) is 5.91 Å². The summed E-state index contributed by atoms with van der Waals surface area (Å²) in [6.07, 6.45) is 3.15. The molecule has 15 heavy (non-hydrogen) atoms. The first-order valence-corrected chi connectivity index (χ1v) is 5.72. The van der Waals surface area contributed by atoms with Crippen LogP contribution >= 0.6 is 15.9 Å². The van der Waals surface area contributed by atoms with Crippen molar-refractivity contribution in [3.05, 3.63) is 34.1 Å². The Balaban J connectivity index is 2.13. The molecule has 1 N–H and O–H groups in total. The Morgan fingerprint density at radius 2 is 2.20 bits per heavy atom. The number of benzene rings is 1. The number of amides is 1. The maximum atomic E-state index is 13.5. The second kappa shape index (κ2) is 4.31. The molecule has 80 valence electrons. The number of halogens is 2. The summed E-state index contributed by atoms with van der Waals surface area (Å²) >= 11 is 3.06. The predicted molar refractivity (Wildman–Crippen MR) is 59.2 cm³/mol. The Bertz CT molecular complexity index is 390. The molecule has 4 heteroatoms. The molecule has 0 aliphatic heterocycles. The molecule has 2 rings (SSSR count). The van der Waals surface area contributed by atoms with E-state index in [0.717, 1.165) is 19.3 Å². The summed E-state index contributed by atoms with van der Waals surface area (Å²) in [5.41, 5.74) is 0.108. The van der Waals surface area contributed by atoms with E-state index in [1.54, 1.807) is 12.1 Å². The third-order valence-corrected chi connectivity index (χ3v) is 3.25. The zero-order chi connectivity index (χ0) is 10.8. The van der Waals surface area contributed by atoms with E-state index in [2.05, 4.69) is 21.2 Å². The van der Waals surface area contributed by atoms with Crippen LogP contribution < -0.4 is 5.32 Å². The highest BCUT2D eigenvalue weighted by atomic mass is 79.9. The van der Waals surface area contributed by atoms with Gasteiger partial charge in [0.15, 0.2) is 0 Å². The van der Waals surface area contributed by atoms with Crippen molar-refractivity contribution in [1.82, 2.24) is 5.32 Å². The van der Waals surface area contributed by atoms with Crippen LogP contribution in [-0.4, -0.2) is 11.9 Å². The first-order chi connectivity index (χ1) is 7.18. The summed E-state index contributed by atoms with van der Waals surface area (Å²) in [4.78, 5) is 11.6. The third-order valence-electron chi connectivity index (χ3n) is 2.64. The summed E-state index contributed by atoms with van der Waals surface area (Å²) in [7, 11) is 0. The quantitative estimate of drug-likeness (QED) is 0.881. The molecule has 0 aromatic heterocycles. The molecule has 0 unspecified atom stereocenters. The van der Waals surface area contributed by atoms with Crippen molar-refractivity contribution in [2.45, 2.75) is 25.3 Å². The van der Waals surface area contributed by atoms with Crippen molar-refractivity contribution >= 4 is 21.8 Å². The lowest BCUT2D eigenvalue weighted by molar-refractivity contribution is 0.0912. The zero-order valence-electron chi connectivity index (χ0n) is 8.09. The monoisotopic (exact) mass is 271 g/mol. The molecule has 0 spiro atoms. The fourth-order valence-corrected chi connectivity index (χ4v) is 1.86. The lowest BCUT2D eigenvalue weighted by Gasteiger charge is -2.26. The smallest absolute Gasteiger partial charge is 0.254 e. The molecule has 1 fully saturated rings. The molecule has 0 bridgehead atoms. The van der Waals surface area contributed by atoms with E-state index >= 15 is 0 Å². The second-order valence-electron chi connectivity index (χ2n) is 3.70. The Hall–Kier alpha value is -0.900. The first kappa shape index (κ1) is 10.6. The van der Waals surface area contributed by atoms with Gasteiger partial charge in [0.05, 0.1) is 10.0 Å². The number of hydrogen-bond acceptors (Lipinski definition) is 1. The van der Waals surface area contributed by atoms with Gasteiger partial charge in [0, 0.05) is 6.04 Å². The molecule has 0 atom stereocenters. The fourth-order valence-electron chi connectivity index (χ4n) is 1.49. The van der Waals surface area contributed by atoms with Gasteiger partial charge in [-0.15, -0.1) is 0 Å². The number of nitrogens with one attached hydrogen (secondary N) is 1. The van der Waals surface area contributed by atoms with Gasteiger partial charge in [-0.1, -0.05) is 6.07 Å². The summed E-state index contributed by atoms with van der Waals surface area (Å²) in [6, 6.07) is 4.96. The van der Waals surface area contributed by atoms with Gasteiger partial charge in [-0.05, 0) is 47.3 Å². The van der Waals surface area contributed by atoms with Crippen LogP contribution in [0.15, 0.2) is 22.7 Å². The summed E-state index contributed by atoms with van der Waals surface area (Å²) in [5, 5.41) is 2.80. The highest BCUT2D eigenvalue weighted by molar-refractivity contribution is 9.10. The number of hydrogen-bond donors (Lipinski definition) is 1. The minimum absolute atomic E-state index is 0.108. The Labute approximate surface area is 96.0 Å². The average molecular weight is 272 g/mol. The van der Waals surface area contributed by atoms with Crippen LogP contribution in [0.25, 0.3) is 0 Å². The topological polar surface area (TPSA) is 29.1 Å². The van der Waals surface area contributed by atoms with Gasteiger partial charge in [-0.25, -0.2) is 4.39 Å². The summed E-state index contributed by atoms with van der Waals surface area (Å²) in [6.45, 7) is 0. The molecule has 1 aromatic carbocycles. The zero-order valence-corrected chi connectivity index (χ0v) is 9.68. The molecule has 1 saturated carbocycles. The Morgan fingerprint density at radius 3 is 2.80 bits per heavy atom. The van der Waals surface area contributed by atoms with Crippen LogP contribution in [0.4, 0.5) is 4.39 Å². The molecule has 0 saturated heterocycles. The maximum Gasteiger partial charge on any atom is 0.254 e. The van der Waals surface area contributed by atoms with Gasteiger partial charge in [0.1, 0.15) is 5.82 Å². The van der Waals surface area contributed by atoms with Gasteiger partial charge in [-0.2, -0.15) is 0 Å². The van der Waals surface area contributed by atoms with Crippen molar-refractivity contribution in [3.8, 4) is 0 Å². The van der Waals surface area contributed by atoms with Crippen LogP contribution in [0.5, 0.6) is 0 Å². The highest BCUT2D eigenvalue weighted by Gasteiger charge is 2.22. The Kier molecular flexibility index (Phi) is 3.05. The number of carbonyl (C=O) groups is 1. The molecule has 2 nitrogen and oxygen atoms in total. The summed E-state index contributed by atoms with van der Waals surface area (Å²) in [5.74, 6) is -0.812. The molecular formula is C11H11BrFNO. The van der Waals surface area contributed by atoms with E-state index in [1.165, 1.54) is 6.07 Å². The fraction of sp³-hybridized carbons (Fsp3) is 0.364. The largest absolute Gasteiger partial charge is 0.349 e. The van der Waals surface area contributed by atoms with Crippen molar-refractivity contribution in [3.63, 3.8) is 0 Å². The predicted octanol–water partition coefficient (Wildman–Crippen LogP) is 2.87. The van der Waals surface area contributed by atoms with E-state index < -0.39 is 5.82 Å². The molecular weight excluding hydrogens is 261 g/mol. The molecule has 0 heterocycles. The van der Waals surface area contributed by atoms with Crippen molar-refractivity contribution < 1.29 is 9.18 Å². The molecule has 1 amide bonds. The van der Waals surface area contributed by atoms with E-state index in [4.69, 9.17) is 0 Å². The van der Waals surface area contributed by atoms with Crippen LogP contribution in [0.1, 0.15) is 29.6 Å². The molecule has 1 aliphatic rings. The van der Waals surface area contributed by atoms with Crippen molar-refractivity contribution in [2.75, 3.05) is 0 Å². The lowest BCUT2D eigenvalue weighted by Crippen LogP contribution is -2.39. The average Bonchev–Trinajstić information content (AvgIpc) is 2.15. The molecule has 0 radical (unpaired) electrons. The van der Waals surface area contributed by atoms with Crippen LogP contribution in [-0.2, 0) is 0 Å². The van der Waals surface area contributed by atoms with Gasteiger partial charge >= 0.3 is 0 Å². The van der Waals surface area contributed by atoms with Crippen LogP contribution in [0.2, 0.25) is 0 Å². The summed E-state index contributed by atoms with van der Waals surface area (Å²) < 4.78 is 13.8. The van der Waals surface area contributed by atoms with E-state index in [9.17, 15) is 9.18 Å². The van der Waals surface area contributed by atoms with Gasteiger partial charge in [0.2, 0.25) is 0 Å². The standard InChI is InChI=1S/C11H11BrFNO/c12-9-6-2-5-8(10(9)13)11(15)14-7-3-1-4-7/h2,5-7H,1,3-4H2,(H,14,15). The van der Waals surface area contributed by atoms with Gasteiger partial charge in [-0.3, -0.25) is 4.79 Å². The SMILES string of the molecule is O=C(NC1CCC1)c1cccc(Br)c1F. The second-order valence-corrected chi connectivity index (χ2v) is 4.56. The normalized spacial score (nSPS) is 15.9. The van der Waals surface area contributed by atoms with E-state index in [-0.39, 0.29) is 17.5 Å². The molecule has 1 aromatic rings. The third kappa shape index (κ3) is 2.20. The highest BCUT2D eigenvalue weighted by Crippen LogP contribution is 2.21. The van der Waals surface area contributed by atoms with E-state index in [0.29, 0.717) is 4.47 Å².